The predicted molar refractivity (Wildman–Crippen MR) is 68.7 cm³/mol. The van der Waals surface area contributed by atoms with Crippen molar-refractivity contribution in [1.82, 2.24) is 15.0 Å². The van der Waals surface area contributed by atoms with Crippen molar-refractivity contribution in [2.75, 3.05) is 11.9 Å². The lowest BCUT2D eigenvalue weighted by Crippen LogP contribution is -2.25. The second kappa shape index (κ2) is 4.60. The van der Waals surface area contributed by atoms with E-state index in [1.165, 1.54) is 0 Å². The highest BCUT2D eigenvalue weighted by molar-refractivity contribution is 5.45. The van der Waals surface area contributed by atoms with E-state index >= 15 is 0 Å². The molecule has 1 aliphatic heterocycles. The molecule has 0 amide bonds. The Balaban J connectivity index is 1.94. The minimum atomic E-state index is -0.0295. The Morgan fingerprint density at radius 2 is 2.28 bits per heavy atom. The molecule has 1 aliphatic rings. The first-order valence-electron chi connectivity index (χ1n) is 6.09. The van der Waals surface area contributed by atoms with Gasteiger partial charge in [-0.15, -0.1) is 0 Å². The summed E-state index contributed by atoms with van der Waals surface area (Å²) in [5, 5.41) is 3.18. The summed E-state index contributed by atoms with van der Waals surface area (Å²) in [7, 11) is 0. The Labute approximate surface area is 104 Å². The molecule has 3 heterocycles. The molecule has 0 saturated carbocycles. The van der Waals surface area contributed by atoms with E-state index in [1.54, 1.807) is 6.20 Å². The van der Waals surface area contributed by atoms with Gasteiger partial charge in [-0.3, -0.25) is 9.78 Å². The number of aromatic amines is 1. The van der Waals surface area contributed by atoms with Crippen molar-refractivity contribution in [3.05, 3.63) is 51.8 Å². The number of H-pyrrole nitrogens is 1. The SMILES string of the molecule is O=c1[nH]c(Cc2ccccn2)nc2c1CCCN2. The highest BCUT2D eigenvalue weighted by Gasteiger charge is 2.15. The molecule has 2 N–H and O–H groups in total. The molecule has 0 fully saturated rings. The van der Waals surface area contributed by atoms with Crippen LogP contribution in [-0.4, -0.2) is 21.5 Å². The Bertz CT molecular complexity index is 606. The first kappa shape index (κ1) is 11.0. The molecule has 5 nitrogen and oxygen atoms in total. The largest absolute Gasteiger partial charge is 0.370 e. The van der Waals surface area contributed by atoms with Crippen LogP contribution in [0.4, 0.5) is 5.82 Å². The van der Waals surface area contributed by atoms with Crippen molar-refractivity contribution in [3.8, 4) is 0 Å². The zero-order valence-electron chi connectivity index (χ0n) is 9.94. The second-order valence-corrected chi connectivity index (χ2v) is 4.37. The fourth-order valence-corrected chi connectivity index (χ4v) is 2.15. The maximum Gasteiger partial charge on any atom is 0.256 e. The van der Waals surface area contributed by atoms with Crippen LogP contribution in [0, 0.1) is 0 Å². The maximum absolute atomic E-state index is 11.9. The summed E-state index contributed by atoms with van der Waals surface area (Å²) in [5.41, 5.74) is 1.64. The van der Waals surface area contributed by atoms with Crippen molar-refractivity contribution in [2.45, 2.75) is 19.3 Å². The smallest absolute Gasteiger partial charge is 0.256 e. The lowest BCUT2D eigenvalue weighted by Gasteiger charge is -2.16. The molecular formula is C13H14N4O. The molecule has 0 radical (unpaired) electrons. The van der Waals surface area contributed by atoms with Crippen LogP contribution < -0.4 is 10.9 Å². The van der Waals surface area contributed by atoms with Crippen molar-refractivity contribution >= 4 is 5.82 Å². The van der Waals surface area contributed by atoms with Gasteiger partial charge in [0.05, 0.1) is 5.56 Å². The van der Waals surface area contributed by atoms with Gasteiger partial charge < -0.3 is 10.3 Å². The number of nitrogens with one attached hydrogen (secondary N) is 2. The third-order valence-corrected chi connectivity index (χ3v) is 3.04. The summed E-state index contributed by atoms with van der Waals surface area (Å²) in [5.74, 6) is 1.39. The third kappa shape index (κ3) is 2.11. The fraction of sp³-hybridized carbons (Fsp3) is 0.308. The van der Waals surface area contributed by atoms with Crippen LogP contribution in [0.15, 0.2) is 29.2 Å². The van der Waals surface area contributed by atoms with Crippen molar-refractivity contribution in [3.63, 3.8) is 0 Å². The van der Waals surface area contributed by atoms with E-state index in [-0.39, 0.29) is 5.56 Å². The summed E-state index contributed by atoms with van der Waals surface area (Å²) < 4.78 is 0. The summed E-state index contributed by atoms with van der Waals surface area (Å²) in [6.07, 6.45) is 4.07. The van der Waals surface area contributed by atoms with Gasteiger partial charge >= 0.3 is 0 Å². The van der Waals surface area contributed by atoms with Crippen LogP contribution in [-0.2, 0) is 12.8 Å². The Morgan fingerprint density at radius 3 is 3.11 bits per heavy atom. The molecule has 0 aromatic carbocycles. The molecular weight excluding hydrogens is 228 g/mol. The van der Waals surface area contributed by atoms with Gasteiger partial charge in [0, 0.05) is 24.9 Å². The Morgan fingerprint density at radius 1 is 1.33 bits per heavy atom. The first-order valence-corrected chi connectivity index (χ1v) is 6.09. The van der Waals surface area contributed by atoms with Gasteiger partial charge in [-0.1, -0.05) is 6.07 Å². The molecule has 0 saturated heterocycles. The predicted octanol–water partition coefficient (Wildman–Crippen LogP) is 1.11. The summed E-state index contributed by atoms with van der Waals surface area (Å²) >= 11 is 0. The monoisotopic (exact) mass is 242 g/mol. The fourth-order valence-electron chi connectivity index (χ4n) is 2.15. The molecule has 92 valence electrons. The minimum Gasteiger partial charge on any atom is -0.370 e. The van der Waals surface area contributed by atoms with Gasteiger partial charge in [-0.2, -0.15) is 0 Å². The molecule has 2 aromatic heterocycles. The standard InChI is InChI=1S/C13H14N4O/c18-13-10-5-3-7-15-12(10)16-11(17-13)8-9-4-1-2-6-14-9/h1-2,4,6H,3,5,7-8H2,(H2,15,16,17,18). The quantitative estimate of drug-likeness (QED) is 0.827. The van der Waals surface area contributed by atoms with Gasteiger partial charge in [0.15, 0.2) is 0 Å². The van der Waals surface area contributed by atoms with E-state index in [4.69, 9.17) is 0 Å². The molecule has 18 heavy (non-hydrogen) atoms. The normalized spacial score (nSPS) is 13.8. The van der Waals surface area contributed by atoms with Gasteiger partial charge in [0.2, 0.25) is 0 Å². The average molecular weight is 242 g/mol. The Hall–Kier alpha value is -2.17. The van der Waals surface area contributed by atoms with Gasteiger partial charge in [-0.05, 0) is 25.0 Å². The van der Waals surface area contributed by atoms with Gasteiger partial charge in [0.1, 0.15) is 11.6 Å². The lowest BCUT2D eigenvalue weighted by atomic mass is 10.1. The molecule has 3 rings (SSSR count). The second-order valence-electron chi connectivity index (χ2n) is 4.37. The van der Waals surface area contributed by atoms with Crippen LogP contribution >= 0.6 is 0 Å². The molecule has 0 bridgehead atoms. The zero-order chi connectivity index (χ0) is 12.4. The number of aromatic nitrogens is 3. The van der Waals surface area contributed by atoms with Crippen LogP contribution in [0.25, 0.3) is 0 Å². The number of hydrogen-bond acceptors (Lipinski definition) is 4. The number of rotatable bonds is 2. The van der Waals surface area contributed by atoms with Gasteiger partial charge in [0.25, 0.3) is 5.56 Å². The van der Waals surface area contributed by atoms with Crippen LogP contribution in [0.5, 0.6) is 0 Å². The van der Waals surface area contributed by atoms with E-state index in [1.807, 2.05) is 18.2 Å². The van der Waals surface area contributed by atoms with Crippen molar-refractivity contribution in [1.29, 1.82) is 0 Å². The molecule has 0 spiro atoms. The third-order valence-electron chi connectivity index (χ3n) is 3.04. The summed E-state index contributed by atoms with van der Waals surface area (Å²) in [6, 6.07) is 5.72. The molecule has 2 aromatic rings. The zero-order valence-corrected chi connectivity index (χ0v) is 9.94. The van der Waals surface area contributed by atoms with Crippen LogP contribution in [0.3, 0.4) is 0 Å². The number of nitrogens with zero attached hydrogens (tertiary/aromatic N) is 2. The van der Waals surface area contributed by atoms with E-state index in [0.29, 0.717) is 12.2 Å². The molecule has 0 unspecified atom stereocenters. The van der Waals surface area contributed by atoms with Crippen LogP contribution in [0.2, 0.25) is 0 Å². The van der Waals surface area contributed by atoms with Crippen LogP contribution in [0.1, 0.15) is 23.5 Å². The molecule has 0 aliphatic carbocycles. The van der Waals surface area contributed by atoms with Crippen molar-refractivity contribution in [2.24, 2.45) is 0 Å². The molecule has 5 heteroatoms. The van der Waals surface area contributed by atoms with Crippen molar-refractivity contribution < 1.29 is 0 Å². The highest BCUT2D eigenvalue weighted by Crippen LogP contribution is 2.15. The van der Waals surface area contributed by atoms with E-state index in [2.05, 4.69) is 20.3 Å². The average Bonchev–Trinajstić information content (AvgIpc) is 2.40. The highest BCUT2D eigenvalue weighted by atomic mass is 16.1. The number of hydrogen-bond donors (Lipinski definition) is 2. The summed E-state index contributed by atoms with van der Waals surface area (Å²) in [6.45, 7) is 0.881. The number of fused-ring (bicyclic) bond motifs is 1. The summed E-state index contributed by atoms with van der Waals surface area (Å²) in [4.78, 5) is 23.5. The van der Waals surface area contributed by atoms with Gasteiger partial charge in [-0.25, -0.2) is 4.98 Å². The van der Waals surface area contributed by atoms with E-state index < -0.39 is 0 Å². The van der Waals surface area contributed by atoms with E-state index in [9.17, 15) is 4.79 Å². The first-order chi connectivity index (χ1) is 8.83. The molecule has 0 atom stereocenters. The maximum atomic E-state index is 11.9. The van der Waals surface area contributed by atoms with E-state index in [0.717, 1.165) is 36.5 Å². The lowest BCUT2D eigenvalue weighted by molar-refractivity contribution is 0.781. The Kier molecular flexibility index (Phi) is 2.80. The minimum absolute atomic E-state index is 0.0295. The number of pyridine rings is 1. The number of anilines is 1. The topological polar surface area (TPSA) is 70.7 Å².